The molecule has 144 heavy (non-hydrogen) atoms. The lowest BCUT2D eigenvalue weighted by atomic mass is 10.0. The highest BCUT2D eigenvalue weighted by atomic mass is 32.1. The molecule has 18 aromatic rings. The highest BCUT2D eigenvalue weighted by Gasteiger charge is 2.27. The van der Waals surface area contributed by atoms with Gasteiger partial charge in [0, 0.05) is 46.2 Å². The first-order chi connectivity index (χ1) is 70.1. The number of fused-ring (bicyclic) bond motifs is 6. The Labute approximate surface area is 834 Å². The predicted octanol–water partition coefficient (Wildman–Crippen LogP) is 22.4. The molecule has 4 aromatic heterocycles. The number of aromatic nitrogens is 6. The van der Waals surface area contributed by atoms with E-state index < -0.39 is 36.1 Å². The molecule has 2 unspecified atom stereocenters. The second-order valence-electron chi connectivity index (χ2n) is 32.2. The third-order valence-corrected chi connectivity index (χ3v) is 23.7. The molecular weight excluding hydrogens is 1850 g/mol. The number of H-pyrrole nitrogens is 2. The maximum Gasteiger partial charge on any atom is 0.343 e. The van der Waals surface area contributed by atoms with E-state index in [-0.39, 0.29) is 49.4 Å². The van der Waals surface area contributed by atoms with Gasteiger partial charge in [0.15, 0.2) is 86.8 Å². The third kappa shape index (κ3) is 25.2. The molecule has 0 spiro atoms. The zero-order valence-electron chi connectivity index (χ0n) is 81.0. The summed E-state index contributed by atoms with van der Waals surface area (Å²) in [7, 11) is 13.0. The predicted molar refractivity (Wildman–Crippen MR) is 554 cm³/mol. The van der Waals surface area contributed by atoms with Crippen LogP contribution < -0.4 is 56.8 Å². The van der Waals surface area contributed by atoms with Gasteiger partial charge in [-0.1, -0.05) is 120 Å². The smallest absolute Gasteiger partial charge is 0.343 e. The minimum atomic E-state index is -1.50. The van der Waals surface area contributed by atoms with E-state index in [0.717, 1.165) is 146 Å². The molecule has 0 bridgehead atoms. The zero-order chi connectivity index (χ0) is 101. The van der Waals surface area contributed by atoms with Crippen molar-refractivity contribution < 1.29 is 100 Å². The van der Waals surface area contributed by atoms with Crippen molar-refractivity contribution in [3.8, 4) is 114 Å². The molecule has 732 valence electrons. The van der Waals surface area contributed by atoms with E-state index >= 15 is 0 Å². The van der Waals surface area contributed by atoms with Crippen LogP contribution in [0.3, 0.4) is 0 Å². The minimum Gasteiger partial charge on any atom is -0.493 e. The Morgan fingerprint density at radius 2 is 0.722 bits per heavy atom. The molecule has 2 atom stereocenters. The van der Waals surface area contributed by atoms with Crippen LogP contribution in [0.2, 0.25) is 0 Å². The molecule has 0 aliphatic carbocycles. The maximum atomic E-state index is 12.9. The van der Waals surface area contributed by atoms with Crippen LogP contribution in [0.25, 0.3) is 88.2 Å². The molecule has 2 aliphatic heterocycles. The first-order valence-electron chi connectivity index (χ1n) is 45.8. The van der Waals surface area contributed by atoms with E-state index in [1.54, 1.807) is 137 Å². The number of benzene rings is 14. The summed E-state index contributed by atoms with van der Waals surface area (Å²) in [5.41, 5.74) is 20.8. The van der Waals surface area contributed by atoms with Crippen LogP contribution in [-0.4, -0.2) is 171 Å². The van der Waals surface area contributed by atoms with Gasteiger partial charge in [-0.3, -0.25) is 9.98 Å². The normalized spacial score (nSPS) is 11.7. The number of ether oxygens (including phenoxy) is 14. The van der Waals surface area contributed by atoms with Crippen LogP contribution >= 0.6 is 11.3 Å². The molecule has 0 amide bonds. The fraction of sp³-hybridized carbons (Fsp3) is 0.175. The summed E-state index contributed by atoms with van der Waals surface area (Å²) < 4.78 is 81.2. The van der Waals surface area contributed by atoms with Crippen LogP contribution in [0.1, 0.15) is 67.9 Å². The summed E-state index contributed by atoms with van der Waals surface area (Å²) in [6.45, 7) is 6.63. The molecule has 0 saturated carbocycles. The minimum absolute atomic E-state index is 0.123. The number of thiazole rings is 1. The monoisotopic (exact) mass is 1950 g/mol. The number of para-hydroxylation sites is 9. The number of aliphatic hydroxyl groups is 2. The van der Waals surface area contributed by atoms with Crippen molar-refractivity contribution in [2.45, 2.75) is 52.7 Å². The van der Waals surface area contributed by atoms with E-state index in [4.69, 9.17) is 75.7 Å². The molecule has 2 aliphatic rings. The zero-order valence-corrected chi connectivity index (χ0v) is 81.8. The number of esters is 4. The number of aliphatic hydroxyl groups excluding tert-OH is 2. The van der Waals surface area contributed by atoms with Gasteiger partial charge in [-0.15, -0.1) is 11.3 Å². The van der Waals surface area contributed by atoms with Crippen LogP contribution in [0.15, 0.2) is 318 Å². The van der Waals surface area contributed by atoms with Gasteiger partial charge in [-0.05, 0) is 233 Å². The Kier molecular flexibility index (Phi) is 33.9. The Balaban J connectivity index is 0.000000133. The summed E-state index contributed by atoms with van der Waals surface area (Å²) in [5, 5.41) is 20.9. The molecule has 4 N–H and O–H groups in total. The quantitative estimate of drug-likeness (QED) is 0.0261. The van der Waals surface area contributed by atoms with Crippen molar-refractivity contribution in [3.05, 3.63) is 348 Å². The number of aromatic amines is 2. The Hall–Kier alpha value is -17.5. The Morgan fingerprint density at radius 3 is 1.18 bits per heavy atom. The maximum absolute atomic E-state index is 12.9. The number of aryl methyl sites for hydroxylation is 2. The Morgan fingerprint density at radius 1 is 0.354 bits per heavy atom. The largest absolute Gasteiger partial charge is 0.493 e. The van der Waals surface area contributed by atoms with E-state index in [1.807, 2.05) is 250 Å². The fourth-order valence-corrected chi connectivity index (χ4v) is 16.1. The second kappa shape index (κ2) is 48.4. The van der Waals surface area contributed by atoms with Crippen molar-refractivity contribution in [3.63, 3.8) is 0 Å². The van der Waals surface area contributed by atoms with E-state index in [0.29, 0.717) is 57.8 Å². The Bertz CT molecular complexity index is 7190. The highest BCUT2D eigenvalue weighted by Crippen LogP contribution is 2.42. The number of nitrogens with zero attached hydrogens (tertiary/aromatic N) is 6. The fourth-order valence-electron chi connectivity index (χ4n) is 15.1. The van der Waals surface area contributed by atoms with Crippen LogP contribution in [0, 0.1) is 13.8 Å². The number of methoxy groups -OCH3 is 8. The molecule has 14 aromatic carbocycles. The molecule has 0 radical (unpaired) electrons. The summed E-state index contributed by atoms with van der Waals surface area (Å²) in [6.07, 6.45) is -1.45. The topological polar surface area (TPSA) is 359 Å². The second-order valence-corrected chi connectivity index (χ2v) is 33.2. The molecule has 30 heteroatoms. The summed E-state index contributed by atoms with van der Waals surface area (Å²) in [5.74, 6) is 5.63. The number of aliphatic imine (C=N–C) groups is 2. The standard InChI is InChI=1S/C30H23NO4.C23H26N2O8.C16H15NO2.C15H14N2O2.C15H13NO3.C15H13NO2S/c1-19-7-11-21(12-8-19)29(32)34-27-16-15-24(26-17-23-5-3-4-6-25(23)31-26)18-28(27)35-30(33)22-13-9-20(2)10-14-22;1-3-30-22(28)17(26)12-32-19-10-9-14(21-24-15-7-5-6-8-16(15)25-21)11-20(19)33-13-18(27)23(29)31-4-2;1-18-15-8-7-12(10-16(15)19-2)14-9-11-5-3-4-6-13(11)17-14;1-18-13-8-7-10(9-14(13)19-2)15-16-11-5-3-4-6-12(11)17-15;1-17-13-8-7-10(9-14(13)18-2)15-16-11-5-3-4-6-12(11)19-15;1-17-12-8-7-10(9-13(12)18-2)15-16-11-5-3-4-6-14(11)19-15/h3-16,18H,17H2,1-2H3;5-11,17-18,26-27H,3-4,12-13H2,1-2H3,(H,24,25);3-8,10H,9H2,1-2H3;3-9H,1-2H3,(H,16,17);2*3-9H,1-2H3. The number of carbonyl (C=O) groups excluding carboxylic acids is 4. The first kappa shape index (κ1) is 101. The van der Waals surface area contributed by atoms with Crippen molar-refractivity contribution in [2.24, 2.45) is 9.98 Å². The van der Waals surface area contributed by atoms with Gasteiger partial charge in [-0.2, -0.15) is 0 Å². The van der Waals surface area contributed by atoms with Crippen LogP contribution in [0.5, 0.6) is 69.0 Å². The van der Waals surface area contributed by atoms with Crippen molar-refractivity contribution >= 4 is 101 Å². The number of hydrogen-bond donors (Lipinski definition) is 4. The van der Waals surface area contributed by atoms with Gasteiger partial charge in [0.1, 0.15) is 35.4 Å². The van der Waals surface area contributed by atoms with Crippen LogP contribution in [0.4, 0.5) is 11.4 Å². The van der Waals surface area contributed by atoms with Gasteiger partial charge in [0.05, 0.1) is 136 Å². The molecule has 29 nitrogen and oxygen atoms in total. The molecule has 20 rings (SSSR count). The van der Waals surface area contributed by atoms with Gasteiger partial charge >= 0.3 is 23.9 Å². The van der Waals surface area contributed by atoms with Crippen molar-refractivity contribution in [1.82, 2.24) is 29.9 Å². The third-order valence-electron chi connectivity index (χ3n) is 22.6. The van der Waals surface area contributed by atoms with Crippen molar-refractivity contribution in [2.75, 3.05) is 83.3 Å². The highest BCUT2D eigenvalue weighted by molar-refractivity contribution is 7.21. The van der Waals surface area contributed by atoms with Gasteiger partial charge in [0.2, 0.25) is 5.89 Å². The van der Waals surface area contributed by atoms with Crippen LogP contribution in [-0.2, 0) is 31.9 Å². The first-order valence-corrected chi connectivity index (χ1v) is 46.6. The lowest BCUT2D eigenvalue weighted by Gasteiger charge is -2.17. The average molecular weight is 1950 g/mol. The van der Waals surface area contributed by atoms with Gasteiger partial charge in [0.25, 0.3) is 0 Å². The molecule has 0 saturated heterocycles. The van der Waals surface area contributed by atoms with E-state index in [9.17, 15) is 29.4 Å². The number of carbonyl (C=O) groups is 4. The van der Waals surface area contributed by atoms with Gasteiger partial charge < -0.3 is 90.9 Å². The SMILES string of the molecule is CCOC(=O)C(O)COc1ccc(-c2nc3ccccc3[nH]2)cc1OCC(O)C(=O)OCC.COc1ccc(-c2nc3ccccc3[nH]2)cc1OC.COc1ccc(-c2nc3ccccc3o2)cc1OC.COc1ccc(-c2nc3ccccc3s2)cc1OC.COc1ccc(C2=Nc3ccccc3C2)cc1OC.Cc1ccc(C(=O)Oc2ccc(C3=Nc4ccccc4C3)cc2OC(=O)c2ccc(C)cc2)cc1. The number of oxazole rings is 1. The number of hydrogen-bond acceptors (Lipinski definition) is 28. The lowest BCUT2D eigenvalue weighted by Crippen LogP contribution is -2.30. The van der Waals surface area contributed by atoms with Crippen molar-refractivity contribution in [1.29, 1.82) is 0 Å². The summed E-state index contributed by atoms with van der Waals surface area (Å²) in [6, 6.07) is 94.8. The summed E-state index contributed by atoms with van der Waals surface area (Å²) >= 11 is 1.68. The molecule has 6 heterocycles. The van der Waals surface area contributed by atoms with E-state index in [1.165, 1.54) is 10.3 Å². The van der Waals surface area contributed by atoms with Gasteiger partial charge in [-0.25, -0.2) is 39.1 Å². The molecule has 0 fully saturated rings. The number of rotatable bonds is 28. The number of nitrogens with one attached hydrogen (secondary N) is 2. The number of imidazole rings is 2. The lowest BCUT2D eigenvalue weighted by molar-refractivity contribution is -0.155. The van der Waals surface area contributed by atoms with E-state index in [2.05, 4.69) is 47.0 Å². The average Bonchev–Trinajstić information content (AvgIpc) is 1.67. The summed E-state index contributed by atoms with van der Waals surface area (Å²) in [4.78, 5) is 83.1. The molecular formula is C114H104N8O21S.